The number of nitrogens with zero attached hydrogens (tertiary/aromatic N) is 1. The van der Waals surface area contributed by atoms with Crippen molar-refractivity contribution in [3.63, 3.8) is 0 Å². The fourth-order valence-corrected chi connectivity index (χ4v) is 2.38. The quantitative estimate of drug-likeness (QED) is 0.679. The third-order valence-corrected chi connectivity index (χ3v) is 3.31. The van der Waals surface area contributed by atoms with Gasteiger partial charge in [-0.1, -0.05) is 0 Å². The normalized spacial score (nSPS) is 28.1. The van der Waals surface area contributed by atoms with E-state index in [0.29, 0.717) is 6.04 Å². The van der Waals surface area contributed by atoms with Crippen molar-refractivity contribution >= 4 is 0 Å². The third-order valence-electron chi connectivity index (χ3n) is 3.31. The Morgan fingerprint density at radius 2 is 1.71 bits per heavy atom. The predicted molar refractivity (Wildman–Crippen MR) is 50.6 cm³/mol. The summed E-state index contributed by atoms with van der Waals surface area (Å²) in [5, 5.41) is 0. The van der Waals surface area contributed by atoms with Crippen LogP contribution in [-0.2, 0) is 9.68 Å². The van der Waals surface area contributed by atoms with E-state index in [0.717, 1.165) is 52.0 Å². The van der Waals surface area contributed by atoms with E-state index in [1.165, 1.54) is 0 Å². The van der Waals surface area contributed by atoms with Crippen LogP contribution in [0, 0.1) is 0 Å². The fourth-order valence-electron chi connectivity index (χ4n) is 2.38. The molecular formula is C10H18FNO2. The van der Waals surface area contributed by atoms with Crippen LogP contribution in [0.5, 0.6) is 0 Å². The van der Waals surface area contributed by atoms with E-state index in [1.807, 2.05) is 0 Å². The first-order valence-corrected chi connectivity index (χ1v) is 5.49. The summed E-state index contributed by atoms with van der Waals surface area (Å²) in [6, 6.07) is 0.657. The summed E-state index contributed by atoms with van der Waals surface area (Å²) in [7, 11) is 0. The number of halogens is 1. The largest absolute Gasteiger partial charge is 0.381 e. The zero-order valence-corrected chi connectivity index (χ0v) is 8.45. The maximum Gasteiger partial charge on any atom is 0.101 e. The highest BCUT2D eigenvalue weighted by Crippen LogP contribution is 2.21. The minimum atomic E-state index is -0.161. The molecule has 2 aliphatic heterocycles. The number of rotatable bonds is 2. The van der Waals surface area contributed by atoms with Gasteiger partial charge in [-0.05, 0) is 30.2 Å². The van der Waals surface area contributed by atoms with Gasteiger partial charge in [-0.15, -0.1) is 0 Å². The fraction of sp³-hybridized carbons (Fsp3) is 1.00. The molecule has 0 amide bonds. The molecule has 82 valence electrons. The zero-order valence-electron chi connectivity index (χ0n) is 8.45. The zero-order chi connectivity index (χ0) is 9.80. The Morgan fingerprint density at radius 3 is 2.29 bits per heavy atom. The van der Waals surface area contributed by atoms with Crippen molar-refractivity contribution in [2.45, 2.75) is 37.8 Å². The maximum atomic E-state index is 11.9. The van der Waals surface area contributed by atoms with Crippen molar-refractivity contribution in [1.29, 1.82) is 0 Å². The van der Waals surface area contributed by atoms with Gasteiger partial charge in [0.2, 0.25) is 0 Å². The maximum absolute atomic E-state index is 11.9. The van der Waals surface area contributed by atoms with Gasteiger partial charge in [0.05, 0.1) is 0 Å². The van der Waals surface area contributed by atoms with Gasteiger partial charge in [-0.2, -0.15) is 4.94 Å². The van der Waals surface area contributed by atoms with Crippen LogP contribution in [0.4, 0.5) is 4.53 Å². The van der Waals surface area contributed by atoms with Crippen LogP contribution in [0.3, 0.4) is 0 Å². The number of hydrogen-bond donors (Lipinski definition) is 0. The topological polar surface area (TPSA) is 21.7 Å². The lowest BCUT2D eigenvalue weighted by Gasteiger charge is -2.38. The Hall–Kier alpha value is -0.190. The van der Waals surface area contributed by atoms with E-state index in [4.69, 9.17) is 4.74 Å². The summed E-state index contributed by atoms with van der Waals surface area (Å²) in [5.74, 6) is 0. The lowest BCUT2D eigenvalue weighted by Crippen LogP contribution is -2.45. The third kappa shape index (κ3) is 2.43. The second-order valence-electron chi connectivity index (χ2n) is 4.17. The molecule has 0 bridgehead atoms. The summed E-state index contributed by atoms with van der Waals surface area (Å²) >= 11 is 0. The van der Waals surface area contributed by atoms with Gasteiger partial charge >= 0.3 is 0 Å². The number of ether oxygens (including phenoxy) is 1. The van der Waals surface area contributed by atoms with Crippen molar-refractivity contribution in [2.24, 2.45) is 0 Å². The van der Waals surface area contributed by atoms with Crippen LogP contribution < -0.4 is 0 Å². The second-order valence-corrected chi connectivity index (χ2v) is 4.17. The number of likely N-dealkylation sites (tertiary alicyclic amines) is 1. The van der Waals surface area contributed by atoms with Crippen LogP contribution in [0.15, 0.2) is 0 Å². The molecule has 0 N–H and O–H groups in total. The highest BCUT2D eigenvalue weighted by Gasteiger charge is 2.26. The molecule has 0 spiro atoms. The molecule has 0 radical (unpaired) electrons. The second kappa shape index (κ2) is 5.05. The van der Waals surface area contributed by atoms with Crippen LogP contribution in [-0.4, -0.2) is 43.3 Å². The summed E-state index contributed by atoms with van der Waals surface area (Å²) in [5.41, 5.74) is 0. The molecule has 14 heavy (non-hydrogen) atoms. The molecule has 0 unspecified atom stereocenters. The van der Waals surface area contributed by atoms with Gasteiger partial charge in [0.25, 0.3) is 0 Å². The van der Waals surface area contributed by atoms with Gasteiger partial charge in [0.1, 0.15) is 6.10 Å². The first-order chi connectivity index (χ1) is 6.90. The van der Waals surface area contributed by atoms with Crippen LogP contribution in [0.1, 0.15) is 25.7 Å². The predicted octanol–water partition coefficient (Wildman–Crippen LogP) is 1.53. The standard InChI is InChI=1S/C10H18FNO2/c11-14-10-1-5-12(6-2-10)9-3-7-13-8-4-9/h9-10H,1-8H2. The van der Waals surface area contributed by atoms with E-state index < -0.39 is 0 Å². The van der Waals surface area contributed by atoms with Crippen molar-refractivity contribution in [2.75, 3.05) is 26.3 Å². The summed E-state index contributed by atoms with van der Waals surface area (Å²) in [6.45, 7) is 3.70. The minimum Gasteiger partial charge on any atom is -0.381 e. The smallest absolute Gasteiger partial charge is 0.101 e. The molecule has 3 nitrogen and oxygen atoms in total. The molecule has 0 atom stereocenters. The van der Waals surface area contributed by atoms with E-state index in [9.17, 15) is 4.53 Å². The van der Waals surface area contributed by atoms with Gasteiger partial charge in [0, 0.05) is 32.3 Å². The van der Waals surface area contributed by atoms with Crippen molar-refractivity contribution < 1.29 is 14.2 Å². The molecular weight excluding hydrogens is 185 g/mol. The average Bonchev–Trinajstić information content (AvgIpc) is 2.30. The Bertz CT molecular complexity index is 166. The van der Waals surface area contributed by atoms with Crippen molar-refractivity contribution in [3.8, 4) is 0 Å². The lowest BCUT2D eigenvalue weighted by molar-refractivity contribution is -0.193. The molecule has 2 aliphatic rings. The Kier molecular flexibility index (Phi) is 3.73. The SMILES string of the molecule is FOC1CCN(C2CCOCC2)CC1. The first kappa shape index (κ1) is 10.3. The van der Waals surface area contributed by atoms with E-state index in [1.54, 1.807) is 0 Å². The average molecular weight is 203 g/mol. The number of piperidine rings is 1. The number of hydrogen-bond acceptors (Lipinski definition) is 3. The van der Waals surface area contributed by atoms with Gasteiger partial charge < -0.3 is 9.64 Å². The summed E-state index contributed by atoms with van der Waals surface area (Å²) in [6.07, 6.45) is 3.75. The Morgan fingerprint density at radius 1 is 1.07 bits per heavy atom. The molecule has 0 aromatic carbocycles. The molecule has 0 aliphatic carbocycles. The molecule has 0 aromatic rings. The summed E-state index contributed by atoms with van der Waals surface area (Å²) in [4.78, 5) is 6.33. The lowest BCUT2D eigenvalue weighted by atomic mass is 10.0. The van der Waals surface area contributed by atoms with Gasteiger partial charge in [-0.3, -0.25) is 0 Å². The summed E-state index contributed by atoms with van der Waals surface area (Å²) < 4.78 is 17.2. The molecule has 0 aromatic heterocycles. The Balaban J connectivity index is 1.76. The van der Waals surface area contributed by atoms with E-state index in [-0.39, 0.29) is 6.10 Å². The highest BCUT2D eigenvalue weighted by atomic mass is 19.3. The van der Waals surface area contributed by atoms with E-state index in [2.05, 4.69) is 9.84 Å². The molecule has 2 saturated heterocycles. The molecule has 4 heteroatoms. The Labute approximate surface area is 84.1 Å². The molecule has 2 fully saturated rings. The van der Waals surface area contributed by atoms with Crippen LogP contribution in [0.2, 0.25) is 0 Å². The molecule has 2 heterocycles. The van der Waals surface area contributed by atoms with Crippen molar-refractivity contribution in [1.82, 2.24) is 4.90 Å². The molecule has 0 saturated carbocycles. The highest BCUT2D eigenvalue weighted by molar-refractivity contribution is 4.79. The van der Waals surface area contributed by atoms with Crippen molar-refractivity contribution in [3.05, 3.63) is 0 Å². The first-order valence-electron chi connectivity index (χ1n) is 5.49. The van der Waals surface area contributed by atoms with Crippen LogP contribution >= 0.6 is 0 Å². The monoisotopic (exact) mass is 203 g/mol. The molecule has 2 rings (SSSR count). The van der Waals surface area contributed by atoms with Gasteiger partial charge in [0.15, 0.2) is 0 Å². The van der Waals surface area contributed by atoms with Gasteiger partial charge in [-0.25, -0.2) is 0 Å². The van der Waals surface area contributed by atoms with E-state index >= 15 is 0 Å². The van der Waals surface area contributed by atoms with Crippen LogP contribution in [0.25, 0.3) is 0 Å². The minimum absolute atomic E-state index is 0.161.